The van der Waals surface area contributed by atoms with Crippen molar-refractivity contribution in [3.05, 3.63) is 23.8 Å². The van der Waals surface area contributed by atoms with Gasteiger partial charge in [-0.1, -0.05) is 12.8 Å². The van der Waals surface area contributed by atoms with Gasteiger partial charge in [-0.25, -0.2) is 8.42 Å². The number of nitrogens with two attached hydrogens (primary N) is 1. The van der Waals surface area contributed by atoms with Crippen LogP contribution in [0.15, 0.2) is 23.1 Å². The van der Waals surface area contributed by atoms with Crippen LogP contribution >= 0.6 is 0 Å². The van der Waals surface area contributed by atoms with Crippen molar-refractivity contribution in [2.24, 2.45) is 0 Å². The third kappa shape index (κ3) is 3.01. The maximum atomic E-state index is 12.0. The molecule has 3 N–H and O–H groups in total. The van der Waals surface area contributed by atoms with E-state index in [2.05, 4.69) is 10.6 Å². The minimum Gasteiger partial charge on any atom is -0.398 e. The zero-order valence-electron chi connectivity index (χ0n) is 9.84. The molecule has 1 atom stereocenters. The largest absolute Gasteiger partial charge is 0.398 e. The highest BCUT2D eigenvalue weighted by Crippen LogP contribution is 2.19. The molecule has 1 aromatic carbocycles. The number of hydrogen-bond acceptors (Lipinski definition) is 4. The Morgan fingerprint density at radius 1 is 1.56 bits per heavy atom. The van der Waals surface area contributed by atoms with Crippen molar-refractivity contribution >= 4 is 15.7 Å². The Kier molecular flexibility index (Phi) is 4.33. The molecule has 5 nitrogen and oxygen atoms in total. The van der Waals surface area contributed by atoms with E-state index < -0.39 is 16.1 Å². The summed E-state index contributed by atoms with van der Waals surface area (Å²) in [6, 6.07) is 5.30. The van der Waals surface area contributed by atoms with Crippen molar-refractivity contribution < 1.29 is 8.42 Å². The van der Waals surface area contributed by atoms with E-state index in [-0.39, 0.29) is 10.6 Å². The predicted octanol–water partition coefficient (Wildman–Crippen LogP) is 0.831. The van der Waals surface area contributed by atoms with Crippen LogP contribution in [-0.2, 0) is 10.0 Å². The molecule has 0 aliphatic carbocycles. The minimum atomic E-state index is -3.77. The van der Waals surface area contributed by atoms with Crippen LogP contribution in [0.3, 0.4) is 0 Å². The number of rotatable bonds is 4. The number of nitrogens with one attached hydrogen (secondary N) is 1. The van der Waals surface area contributed by atoms with Crippen LogP contribution in [0.4, 0.5) is 5.69 Å². The molecule has 18 heavy (non-hydrogen) atoms. The molecule has 0 aliphatic heterocycles. The first-order valence-corrected chi connectivity index (χ1v) is 6.71. The molecular weight excluding hydrogens is 250 g/mol. The van der Waals surface area contributed by atoms with Gasteiger partial charge >= 0.3 is 0 Å². The maximum absolute atomic E-state index is 12.0. The van der Waals surface area contributed by atoms with Gasteiger partial charge in [-0.05, 0) is 24.6 Å². The van der Waals surface area contributed by atoms with Crippen molar-refractivity contribution in [3.8, 4) is 18.4 Å². The highest BCUT2D eigenvalue weighted by atomic mass is 32.2. The second-order valence-corrected chi connectivity index (χ2v) is 5.30. The molecule has 1 unspecified atom stereocenters. The number of nitrogen functional groups attached to an aromatic ring is 1. The molecule has 0 spiro atoms. The molecular formula is C12H13N3O2S. The maximum Gasteiger partial charge on any atom is 0.243 e. The second kappa shape index (κ2) is 5.54. The number of sulfonamides is 1. The molecule has 94 valence electrons. The van der Waals surface area contributed by atoms with Gasteiger partial charge < -0.3 is 5.73 Å². The van der Waals surface area contributed by atoms with Crippen molar-refractivity contribution in [3.63, 3.8) is 0 Å². The van der Waals surface area contributed by atoms with Gasteiger partial charge in [0.1, 0.15) is 4.90 Å². The third-order valence-electron chi connectivity index (χ3n) is 2.34. The number of hydrogen-bond donors (Lipinski definition) is 2. The fraction of sp³-hybridized carbons (Fsp3) is 0.250. The summed E-state index contributed by atoms with van der Waals surface area (Å²) >= 11 is 0. The lowest BCUT2D eigenvalue weighted by Gasteiger charge is -2.12. The highest BCUT2D eigenvalue weighted by Gasteiger charge is 2.20. The van der Waals surface area contributed by atoms with E-state index in [1.807, 2.05) is 6.07 Å². The summed E-state index contributed by atoms with van der Waals surface area (Å²) in [6.07, 6.45) is 5.68. The standard InChI is InChI=1S/C12H13N3O2S/c1-3-10(4-2)15-18(16,17)12-6-5-9(8-13)7-11(12)14/h1,5-7,10,15H,4,14H2,2H3. The van der Waals surface area contributed by atoms with Crippen molar-refractivity contribution in [2.75, 3.05) is 5.73 Å². The first kappa shape index (κ1) is 14.0. The lowest BCUT2D eigenvalue weighted by Crippen LogP contribution is -2.33. The van der Waals surface area contributed by atoms with Gasteiger partial charge in [0.15, 0.2) is 0 Å². The molecule has 0 saturated carbocycles. The molecule has 6 heteroatoms. The SMILES string of the molecule is C#CC(CC)NS(=O)(=O)c1ccc(C#N)cc1N. The molecule has 0 saturated heterocycles. The molecule has 0 aliphatic rings. The Labute approximate surface area is 107 Å². The predicted molar refractivity (Wildman–Crippen MR) is 68.8 cm³/mol. The summed E-state index contributed by atoms with van der Waals surface area (Å²) < 4.78 is 26.4. The molecule has 0 amide bonds. The average Bonchev–Trinajstić information content (AvgIpc) is 2.35. The van der Waals surface area contributed by atoms with Gasteiger partial charge in [-0.3, -0.25) is 0 Å². The highest BCUT2D eigenvalue weighted by molar-refractivity contribution is 7.89. The van der Waals surface area contributed by atoms with Crippen LogP contribution < -0.4 is 10.5 Å². The molecule has 0 aromatic heterocycles. The summed E-state index contributed by atoms with van der Waals surface area (Å²) in [6.45, 7) is 1.77. The molecule has 0 fully saturated rings. The number of nitrogens with zero attached hydrogens (tertiary/aromatic N) is 1. The third-order valence-corrected chi connectivity index (χ3v) is 3.88. The van der Waals surface area contributed by atoms with Crippen molar-refractivity contribution in [1.29, 1.82) is 5.26 Å². The zero-order chi connectivity index (χ0) is 13.8. The van der Waals surface area contributed by atoms with Crippen LogP contribution in [0.1, 0.15) is 18.9 Å². The van der Waals surface area contributed by atoms with Gasteiger partial charge in [-0.2, -0.15) is 9.98 Å². The zero-order valence-corrected chi connectivity index (χ0v) is 10.7. The van der Waals surface area contributed by atoms with E-state index in [4.69, 9.17) is 17.4 Å². The summed E-state index contributed by atoms with van der Waals surface area (Å²) in [7, 11) is -3.77. The Hall–Kier alpha value is -2.02. The van der Waals surface area contributed by atoms with Gasteiger partial charge in [0.25, 0.3) is 0 Å². The summed E-state index contributed by atoms with van der Waals surface area (Å²) in [5, 5.41) is 8.68. The van der Waals surface area contributed by atoms with Crippen LogP contribution in [0.2, 0.25) is 0 Å². The number of anilines is 1. The van der Waals surface area contributed by atoms with Crippen LogP contribution in [0.25, 0.3) is 0 Å². The fourth-order valence-electron chi connectivity index (χ4n) is 1.35. The number of terminal acetylenes is 1. The average molecular weight is 263 g/mol. The van der Waals surface area contributed by atoms with E-state index in [0.717, 1.165) is 0 Å². The normalized spacial score (nSPS) is 12.4. The lowest BCUT2D eigenvalue weighted by molar-refractivity contribution is 0.571. The molecule has 1 rings (SSSR count). The number of benzene rings is 1. The van der Waals surface area contributed by atoms with E-state index in [1.165, 1.54) is 18.2 Å². The van der Waals surface area contributed by atoms with Gasteiger partial charge in [0, 0.05) is 0 Å². The Morgan fingerprint density at radius 3 is 2.67 bits per heavy atom. The first-order chi connectivity index (χ1) is 8.44. The summed E-state index contributed by atoms with van der Waals surface area (Å²) in [4.78, 5) is -0.0739. The topological polar surface area (TPSA) is 96.0 Å². The quantitative estimate of drug-likeness (QED) is 0.621. The second-order valence-electron chi connectivity index (χ2n) is 3.61. The minimum absolute atomic E-state index is 0.0217. The molecule has 1 aromatic rings. The van der Waals surface area contributed by atoms with Crippen LogP contribution in [-0.4, -0.2) is 14.5 Å². The van der Waals surface area contributed by atoms with Crippen LogP contribution in [0.5, 0.6) is 0 Å². The van der Waals surface area contributed by atoms with Crippen molar-refractivity contribution in [2.45, 2.75) is 24.3 Å². The Balaban J connectivity index is 3.15. The van der Waals surface area contributed by atoms with E-state index in [9.17, 15) is 8.42 Å². The fourth-order valence-corrected chi connectivity index (χ4v) is 2.70. The number of nitriles is 1. The lowest BCUT2D eigenvalue weighted by atomic mass is 10.2. The van der Waals surface area contributed by atoms with E-state index in [1.54, 1.807) is 6.92 Å². The van der Waals surface area contributed by atoms with Gasteiger partial charge in [0.05, 0.1) is 23.4 Å². The molecule has 0 radical (unpaired) electrons. The van der Waals surface area contributed by atoms with Gasteiger partial charge in [-0.15, -0.1) is 6.42 Å². The van der Waals surface area contributed by atoms with E-state index >= 15 is 0 Å². The first-order valence-electron chi connectivity index (χ1n) is 5.22. The Morgan fingerprint density at radius 2 is 2.22 bits per heavy atom. The molecule has 0 heterocycles. The van der Waals surface area contributed by atoms with Crippen molar-refractivity contribution in [1.82, 2.24) is 4.72 Å². The van der Waals surface area contributed by atoms with Crippen LogP contribution in [0, 0.1) is 23.7 Å². The van der Waals surface area contributed by atoms with E-state index in [0.29, 0.717) is 12.0 Å². The smallest absolute Gasteiger partial charge is 0.243 e. The summed E-state index contributed by atoms with van der Waals surface area (Å²) in [5.74, 6) is 2.34. The monoisotopic (exact) mass is 263 g/mol. The summed E-state index contributed by atoms with van der Waals surface area (Å²) in [5.41, 5.74) is 5.94. The van der Waals surface area contributed by atoms with Gasteiger partial charge in [0.2, 0.25) is 10.0 Å². The molecule has 0 bridgehead atoms. The Bertz CT molecular complexity index is 624.